The molecule has 0 spiro atoms. The molecule has 2 saturated carbocycles. The second-order valence-electron chi connectivity index (χ2n) is 7.11. The molecule has 0 unspecified atom stereocenters. The standard InChI is InChI=1S/C19H25NO6S/c1-2-25-17(22)15-13(12-6-7-12)11-27-16(15)20-14(21)10-26-18(23)19(24)8-4-3-5-9-19/h11-12,24H,2-10H2,1H3,(H,20,21). The van der Waals surface area contributed by atoms with Crippen LogP contribution in [-0.2, 0) is 19.1 Å². The number of esters is 2. The van der Waals surface area contributed by atoms with Crippen LogP contribution in [0.15, 0.2) is 5.38 Å². The van der Waals surface area contributed by atoms with Crippen LogP contribution in [0.25, 0.3) is 0 Å². The van der Waals surface area contributed by atoms with Gasteiger partial charge in [0.15, 0.2) is 12.2 Å². The maximum absolute atomic E-state index is 12.3. The van der Waals surface area contributed by atoms with Gasteiger partial charge in [-0.15, -0.1) is 11.3 Å². The van der Waals surface area contributed by atoms with Gasteiger partial charge in [0.05, 0.1) is 12.2 Å². The maximum atomic E-state index is 12.3. The Bertz CT molecular complexity index is 718. The molecule has 1 amide bonds. The smallest absolute Gasteiger partial charge is 0.341 e. The quantitative estimate of drug-likeness (QED) is 0.688. The summed E-state index contributed by atoms with van der Waals surface area (Å²) in [6, 6.07) is 0. The Kier molecular flexibility index (Phi) is 6.16. The number of amides is 1. The van der Waals surface area contributed by atoms with Gasteiger partial charge in [-0.2, -0.15) is 0 Å². The Balaban J connectivity index is 1.60. The van der Waals surface area contributed by atoms with Gasteiger partial charge < -0.3 is 19.9 Å². The van der Waals surface area contributed by atoms with E-state index in [0.29, 0.717) is 29.3 Å². The summed E-state index contributed by atoms with van der Waals surface area (Å²) in [7, 11) is 0. The van der Waals surface area contributed by atoms with Crippen LogP contribution in [0, 0.1) is 0 Å². The first-order valence-corrected chi connectivity index (χ1v) is 10.3. The van der Waals surface area contributed by atoms with Gasteiger partial charge in [0.1, 0.15) is 5.00 Å². The number of ether oxygens (including phenoxy) is 2. The Morgan fingerprint density at radius 1 is 1.22 bits per heavy atom. The van der Waals surface area contributed by atoms with Crippen molar-refractivity contribution < 1.29 is 29.0 Å². The van der Waals surface area contributed by atoms with E-state index in [4.69, 9.17) is 9.47 Å². The van der Waals surface area contributed by atoms with Crippen molar-refractivity contribution in [1.29, 1.82) is 0 Å². The van der Waals surface area contributed by atoms with E-state index in [1.807, 2.05) is 5.38 Å². The van der Waals surface area contributed by atoms with Crippen LogP contribution >= 0.6 is 11.3 Å². The molecule has 1 aromatic rings. The minimum atomic E-state index is -1.49. The summed E-state index contributed by atoms with van der Waals surface area (Å²) in [6.07, 6.45) is 5.26. The second-order valence-corrected chi connectivity index (χ2v) is 7.99. The van der Waals surface area contributed by atoms with Crippen LogP contribution in [0.3, 0.4) is 0 Å². The molecule has 0 atom stereocenters. The highest BCUT2D eigenvalue weighted by atomic mass is 32.1. The lowest BCUT2D eigenvalue weighted by molar-refractivity contribution is -0.170. The van der Waals surface area contributed by atoms with Gasteiger partial charge in [-0.1, -0.05) is 6.42 Å². The Morgan fingerprint density at radius 3 is 2.56 bits per heavy atom. The number of hydrogen-bond donors (Lipinski definition) is 2. The summed E-state index contributed by atoms with van der Waals surface area (Å²) >= 11 is 1.27. The molecular formula is C19H25NO6S. The Morgan fingerprint density at radius 2 is 1.93 bits per heavy atom. The lowest BCUT2D eigenvalue weighted by Gasteiger charge is -2.29. The van der Waals surface area contributed by atoms with Crippen molar-refractivity contribution in [3.8, 4) is 0 Å². The number of thiophene rings is 1. The molecule has 1 aromatic heterocycles. The zero-order valence-electron chi connectivity index (χ0n) is 15.4. The molecule has 0 saturated heterocycles. The van der Waals surface area contributed by atoms with Gasteiger partial charge in [-0.3, -0.25) is 4.79 Å². The van der Waals surface area contributed by atoms with E-state index in [-0.39, 0.29) is 6.61 Å². The zero-order chi connectivity index (χ0) is 19.4. The molecule has 2 N–H and O–H groups in total. The third-order valence-corrected chi connectivity index (χ3v) is 5.88. The molecule has 3 rings (SSSR count). The van der Waals surface area contributed by atoms with Crippen LogP contribution in [0.1, 0.15) is 73.7 Å². The van der Waals surface area contributed by atoms with Crippen LogP contribution in [0.4, 0.5) is 5.00 Å². The summed E-state index contributed by atoms with van der Waals surface area (Å²) in [4.78, 5) is 36.6. The summed E-state index contributed by atoms with van der Waals surface area (Å²) < 4.78 is 10.1. The second kappa shape index (κ2) is 8.39. The highest BCUT2D eigenvalue weighted by molar-refractivity contribution is 7.15. The van der Waals surface area contributed by atoms with Gasteiger partial charge in [0.25, 0.3) is 5.91 Å². The fraction of sp³-hybridized carbons (Fsp3) is 0.632. The summed E-state index contributed by atoms with van der Waals surface area (Å²) in [5.74, 6) is -1.42. The van der Waals surface area contributed by atoms with Crippen molar-refractivity contribution >= 4 is 34.2 Å². The molecule has 148 valence electrons. The Labute approximate surface area is 162 Å². The average Bonchev–Trinajstić information content (AvgIpc) is 3.41. The number of hydrogen-bond acceptors (Lipinski definition) is 7. The van der Waals surface area contributed by atoms with Crippen molar-refractivity contribution in [2.24, 2.45) is 0 Å². The normalized spacial score (nSPS) is 18.6. The fourth-order valence-corrected chi connectivity index (χ4v) is 4.39. The molecule has 2 aliphatic carbocycles. The van der Waals surface area contributed by atoms with Gasteiger partial charge >= 0.3 is 11.9 Å². The van der Waals surface area contributed by atoms with E-state index < -0.39 is 30.1 Å². The van der Waals surface area contributed by atoms with Crippen molar-refractivity contribution in [2.45, 2.75) is 63.4 Å². The fourth-order valence-electron chi connectivity index (χ4n) is 3.34. The van der Waals surface area contributed by atoms with Gasteiger partial charge in [-0.05, 0) is 62.3 Å². The lowest BCUT2D eigenvalue weighted by Crippen LogP contribution is -2.42. The summed E-state index contributed by atoms with van der Waals surface area (Å²) in [5.41, 5.74) is -0.186. The van der Waals surface area contributed by atoms with E-state index in [9.17, 15) is 19.5 Å². The van der Waals surface area contributed by atoms with Crippen molar-refractivity contribution in [2.75, 3.05) is 18.5 Å². The first kappa shape index (κ1) is 19.8. The molecule has 8 heteroatoms. The highest BCUT2D eigenvalue weighted by Gasteiger charge is 2.39. The number of anilines is 1. The van der Waals surface area contributed by atoms with Crippen LogP contribution in [0.2, 0.25) is 0 Å². The first-order chi connectivity index (χ1) is 12.9. The minimum absolute atomic E-state index is 0.252. The molecule has 0 radical (unpaired) electrons. The number of rotatable bonds is 7. The average molecular weight is 395 g/mol. The summed E-state index contributed by atoms with van der Waals surface area (Å²) in [5, 5.41) is 15.2. The predicted molar refractivity (Wildman–Crippen MR) is 99.9 cm³/mol. The molecular weight excluding hydrogens is 370 g/mol. The number of nitrogens with one attached hydrogen (secondary N) is 1. The first-order valence-electron chi connectivity index (χ1n) is 9.42. The highest BCUT2D eigenvalue weighted by Crippen LogP contribution is 2.46. The molecule has 0 bridgehead atoms. The third kappa shape index (κ3) is 4.68. The van der Waals surface area contributed by atoms with E-state index in [1.54, 1.807) is 6.92 Å². The molecule has 1 heterocycles. The number of carbonyl (C=O) groups is 3. The predicted octanol–water partition coefficient (Wildman–Crippen LogP) is 2.98. The SMILES string of the molecule is CCOC(=O)c1c(C2CC2)csc1NC(=O)COC(=O)C1(O)CCCCC1. The minimum Gasteiger partial charge on any atom is -0.462 e. The summed E-state index contributed by atoms with van der Waals surface area (Å²) in [6.45, 7) is 1.48. The van der Waals surface area contributed by atoms with Crippen LogP contribution < -0.4 is 5.32 Å². The number of aliphatic hydroxyl groups is 1. The number of carbonyl (C=O) groups excluding carboxylic acids is 3. The van der Waals surface area contributed by atoms with Crippen molar-refractivity contribution in [3.05, 3.63) is 16.5 Å². The van der Waals surface area contributed by atoms with Gasteiger partial charge in [-0.25, -0.2) is 9.59 Å². The van der Waals surface area contributed by atoms with Crippen LogP contribution in [-0.4, -0.2) is 41.8 Å². The topological polar surface area (TPSA) is 102 Å². The monoisotopic (exact) mass is 395 g/mol. The maximum Gasteiger partial charge on any atom is 0.341 e. The molecule has 2 aliphatic rings. The Hall–Kier alpha value is -1.93. The van der Waals surface area contributed by atoms with E-state index >= 15 is 0 Å². The molecule has 0 aromatic carbocycles. The van der Waals surface area contributed by atoms with Crippen molar-refractivity contribution in [3.63, 3.8) is 0 Å². The van der Waals surface area contributed by atoms with Crippen LogP contribution in [0.5, 0.6) is 0 Å². The molecule has 0 aliphatic heterocycles. The molecule has 27 heavy (non-hydrogen) atoms. The largest absolute Gasteiger partial charge is 0.462 e. The van der Waals surface area contributed by atoms with Crippen molar-refractivity contribution in [1.82, 2.24) is 0 Å². The lowest BCUT2D eigenvalue weighted by atomic mass is 9.85. The van der Waals surface area contributed by atoms with Gasteiger partial charge in [0, 0.05) is 0 Å². The van der Waals surface area contributed by atoms with E-state index in [2.05, 4.69) is 5.32 Å². The zero-order valence-corrected chi connectivity index (χ0v) is 16.2. The molecule has 7 nitrogen and oxygen atoms in total. The molecule has 2 fully saturated rings. The van der Waals surface area contributed by atoms with E-state index in [1.165, 1.54) is 11.3 Å². The van der Waals surface area contributed by atoms with Gasteiger partial charge in [0.2, 0.25) is 0 Å². The third-order valence-electron chi connectivity index (χ3n) is 4.96. The van der Waals surface area contributed by atoms with E-state index in [0.717, 1.165) is 37.7 Å².